The second-order valence-corrected chi connectivity index (χ2v) is 5.70. The predicted molar refractivity (Wildman–Crippen MR) is 62.2 cm³/mol. The minimum Gasteiger partial charge on any atom is -0.372 e. The zero-order valence-electron chi connectivity index (χ0n) is 9.65. The van der Waals surface area contributed by atoms with Gasteiger partial charge in [-0.05, 0) is 12.0 Å². The maximum Gasteiger partial charge on any atom is 0.317 e. The summed E-state index contributed by atoms with van der Waals surface area (Å²) < 4.78 is 0. The molecule has 6 heteroatoms. The summed E-state index contributed by atoms with van der Waals surface area (Å²) in [5, 5.41) is 20.7. The Balaban J connectivity index is 2.28. The van der Waals surface area contributed by atoms with E-state index in [1.54, 1.807) is 4.90 Å². The first-order chi connectivity index (χ1) is 7.63. The van der Waals surface area contributed by atoms with Gasteiger partial charge < -0.3 is 20.4 Å². The quantitative estimate of drug-likeness (QED) is 0.435. The predicted octanol–water partition coefficient (Wildman–Crippen LogP) is -0.0373. The third-order valence-corrected chi connectivity index (χ3v) is 4.06. The largest absolute Gasteiger partial charge is 0.372 e. The molecule has 1 aliphatic rings. The van der Waals surface area contributed by atoms with Crippen LogP contribution in [0.5, 0.6) is 0 Å². The number of hydrogen-bond acceptors (Lipinski definition) is 3. The Morgan fingerprint density at radius 1 is 1.50 bits per heavy atom. The van der Waals surface area contributed by atoms with E-state index in [9.17, 15) is 4.79 Å². The van der Waals surface area contributed by atoms with Gasteiger partial charge in [-0.3, -0.25) is 0 Å². The summed E-state index contributed by atoms with van der Waals surface area (Å²) in [6.07, 6.45) is 2.89. The number of urea groups is 1. The van der Waals surface area contributed by atoms with E-state index in [1.165, 1.54) is 0 Å². The van der Waals surface area contributed by atoms with Crippen LogP contribution in [0.1, 0.15) is 26.2 Å². The Morgan fingerprint density at radius 2 is 2.25 bits per heavy atom. The van der Waals surface area contributed by atoms with Gasteiger partial charge in [0, 0.05) is 19.6 Å². The first kappa shape index (κ1) is 13.5. The number of rotatable bonds is 7. The Labute approximate surface area is 98.7 Å². The molecule has 0 aromatic carbocycles. The van der Waals surface area contributed by atoms with E-state index in [1.807, 2.05) is 0 Å². The second kappa shape index (κ2) is 6.88. The molecule has 92 valence electrons. The number of amides is 2. The number of aliphatic hydroxyl groups is 2. The smallest absolute Gasteiger partial charge is 0.317 e. The standard InChI is InChI=1S/C10H20N2O3Si/c1-2-3-8(16-10(14)15)4-6-12-7-5-11-9(12)13/h8,10,14-15H,2-7H2,1H3,(H,11,13). The summed E-state index contributed by atoms with van der Waals surface area (Å²) in [5.41, 5.74) is 0.318. The maximum atomic E-state index is 11.3. The van der Waals surface area contributed by atoms with Crippen LogP contribution in [-0.4, -0.2) is 56.2 Å². The molecule has 0 aromatic heterocycles. The van der Waals surface area contributed by atoms with Crippen LogP contribution >= 0.6 is 0 Å². The molecule has 1 unspecified atom stereocenters. The highest BCUT2D eigenvalue weighted by Crippen LogP contribution is 2.18. The number of nitrogens with one attached hydrogen (secondary N) is 1. The zero-order valence-corrected chi connectivity index (χ0v) is 10.6. The molecule has 1 atom stereocenters. The molecule has 16 heavy (non-hydrogen) atoms. The zero-order chi connectivity index (χ0) is 12.0. The second-order valence-electron chi connectivity index (χ2n) is 4.03. The van der Waals surface area contributed by atoms with Crippen molar-refractivity contribution < 1.29 is 15.0 Å². The van der Waals surface area contributed by atoms with E-state index in [2.05, 4.69) is 12.2 Å². The highest BCUT2D eigenvalue weighted by Gasteiger charge is 2.21. The Morgan fingerprint density at radius 3 is 2.75 bits per heavy atom. The van der Waals surface area contributed by atoms with Crippen LogP contribution in [0.4, 0.5) is 4.79 Å². The van der Waals surface area contributed by atoms with Crippen molar-refractivity contribution in [1.29, 1.82) is 0 Å². The number of carbonyl (C=O) groups excluding carboxylic acids is 1. The fraction of sp³-hybridized carbons (Fsp3) is 0.900. The van der Waals surface area contributed by atoms with Crippen LogP contribution in [-0.2, 0) is 0 Å². The molecular formula is C10H20N2O3Si. The summed E-state index contributed by atoms with van der Waals surface area (Å²) in [4.78, 5) is 13.1. The molecule has 0 aromatic rings. The lowest BCUT2D eigenvalue weighted by atomic mass is 10.2. The lowest BCUT2D eigenvalue weighted by Crippen LogP contribution is -2.31. The summed E-state index contributed by atoms with van der Waals surface area (Å²) in [6, 6.07) is 0.00290. The molecule has 0 aliphatic carbocycles. The van der Waals surface area contributed by atoms with Gasteiger partial charge in [0.2, 0.25) is 0 Å². The highest BCUT2D eigenvalue weighted by molar-refractivity contribution is 6.38. The average Bonchev–Trinajstić information content (AvgIpc) is 2.60. The normalized spacial score (nSPS) is 18.0. The van der Waals surface area contributed by atoms with Gasteiger partial charge in [0.15, 0.2) is 0 Å². The van der Waals surface area contributed by atoms with E-state index in [0.29, 0.717) is 5.54 Å². The van der Waals surface area contributed by atoms with Gasteiger partial charge in [0.25, 0.3) is 0 Å². The molecule has 3 N–H and O–H groups in total. The minimum absolute atomic E-state index is 0.00290. The van der Waals surface area contributed by atoms with Crippen LogP contribution in [0.3, 0.4) is 0 Å². The summed E-state index contributed by atoms with van der Waals surface area (Å²) in [7, 11) is 0.154. The monoisotopic (exact) mass is 244 g/mol. The molecule has 0 saturated carbocycles. The first-order valence-electron chi connectivity index (χ1n) is 5.78. The minimum atomic E-state index is -1.20. The third kappa shape index (κ3) is 4.50. The number of aliphatic hydroxyl groups excluding tert-OH is 1. The topological polar surface area (TPSA) is 72.8 Å². The van der Waals surface area contributed by atoms with Crippen molar-refractivity contribution in [2.24, 2.45) is 0 Å². The molecule has 1 aliphatic heterocycles. The number of hydrogen-bond donors (Lipinski definition) is 3. The van der Waals surface area contributed by atoms with Crippen molar-refractivity contribution in [2.45, 2.75) is 37.6 Å². The van der Waals surface area contributed by atoms with E-state index >= 15 is 0 Å². The van der Waals surface area contributed by atoms with Crippen LogP contribution in [0, 0.1) is 0 Å². The lowest BCUT2D eigenvalue weighted by Gasteiger charge is -2.20. The Kier molecular flexibility index (Phi) is 5.79. The Hall–Kier alpha value is -0.593. The first-order valence-corrected chi connectivity index (χ1v) is 6.94. The van der Waals surface area contributed by atoms with E-state index in [-0.39, 0.29) is 15.6 Å². The van der Waals surface area contributed by atoms with Crippen molar-refractivity contribution in [3.8, 4) is 0 Å². The molecule has 1 saturated heterocycles. The molecular weight excluding hydrogens is 224 g/mol. The van der Waals surface area contributed by atoms with Crippen molar-refractivity contribution in [3.63, 3.8) is 0 Å². The number of nitrogens with zero attached hydrogens (tertiary/aromatic N) is 1. The molecule has 0 spiro atoms. The van der Waals surface area contributed by atoms with Crippen molar-refractivity contribution in [2.75, 3.05) is 19.6 Å². The van der Waals surface area contributed by atoms with Crippen molar-refractivity contribution in [1.82, 2.24) is 10.2 Å². The van der Waals surface area contributed by atoms with E-state index in [4.69, 9.17) is 10.2 Å². The van der Waals surface area contributed by atoms with Gasteiger partial charge in [-0.25, -0.2) is 4.79 Å². The highest BCUT2D eigenvalue weighted by atomic mass is 28.2. The molecule has 1 rings (SSSR count). The fourth-order valence-electron chi connectivity index (χ4n) is 1.91. The maximum absolute atomic E-state index is 11.3. The van der Waals surface area contributed by atoms with Crippen molar-refractivity contribution in [3.05, 3.63) is 0 Å². The fourth-order valence-corrected chi connectivity index (χ4v) is 3.08. The molecule has 1 heterocycles. The average molecular weight is 244 g/mol. The van der Waals surface area contributed by atoms with Crippen LogP contribution in [0.2, 0.25) is 5.54 Å². The van der Waals surface area contributed by atoms with Gasteiger partial charge in [-0.15, -0.1) is 0 Å². The number of carbonyl (C=O) groups is 1. The molecule has 2 amide bonds. The van der Waals surface area contributed by atoms with Crippen LogP contribution in [0.25, 0.3) is 0 Å². The van der Waals surface area contributed by atoms with Gasteiger partial charge >= 0.3 is 6.03 Å². The van der Waals surface area contributed by atoms with Crippen molar-refractivity contribution >= 4 is 15.6 Å². The molecule has 5 nitrogen and oxygen atoms in total. The lowest BCUT2D eigenvalue weighted by molar-refractivity contribution is 0.0276. The van der Waals surface area contributed by atoms with Gasteiger partial charge in [-0.2, -0.15) is 0 Å². The SMILES string of the molecule is CCCC(CCN1CCNC1=O)[Si]C(O)O. The van der Waals surface area contributed by atoms with E-state index < -0.39 is 5.91 Å². The molecule has 2 radical (unpaired) electrons. The van der Waals surface area contributed by atoms with Gasteiger partial charge in [0.05, 0.1) is 0 Å². The van der Waals surface area contributed by atoms with Crippen LogP contribution < -0.4 is 5.32 Å². The van der Waals surface area contributed by atoms with E-state index in [0.717, 1.165) is 38.9 Å². The molecule has 0 bridgehead atoms. The van der Waals surface area contributed by atoms with Gasteiger partial charge in [0.1, 0.15) is 15.4 Å². The summed E-state index contributed by atoms with van der Waals surface area (Å²) in [6.45, 7) is 4.30. The summed E-state index contributed by atoms with van der Waals surface area (Å²) in [5.74, 6) is -1.20. The van der Waals surface area contributed by atoms with Crippen LogP contribution in [0.15, 0.2) is 0 Å². The van der Waals surface area contributed by atoms with Gasteiger partial charge in [-0.1, -0.05) is 19.8 Å². The Bertz CT molecular complexity index is 226. The molecule has 1 fully saturated rings. The summed E-state index contributed by atoms with van der Waals surface area (Å²) >= 11 is 0. The third-order valence-electron chi connectivity index (χ3n) is 2.71.